The molecule has 100 valence electrons. The number of hydrogen-bond acceptors (Lipinski definition) is 5. The van der Waals surface area contributed by atoms with Gasteiger partial charge in [0.25, 0.3) is 11.4 Å². The molecule has 0 saturated carbocycles. The molecule has 1 aromatic heterocycles. The second kappa shape index (κ2) is 5.14. The van der Waals surface area contributed by atoms with Crippen LogP contribution >= 0.6 is 15.9 Å². The summed E-state index contributed by atoms with van der Waals surface area (Å²) in [5.74, 6) is -0.222. The van der Waals surface area contributed by atoms with E-state index in [0.29, 0.717) is 0 Å². The minimum atomic E-state index is -3.98. The maximum atomic E-state index is 12.0. The van der Waals surface area contributed by atoms with Crippen LogP contribution in [0.15, 0.2) is 44.5 Å². The summed E-state index contributed by atoms with van der Waals surface area (Å²) >= 11 is 3.01. The summed E-state index contributed by atoms with van der Waals surface area (Å²) in [5.41, 5.74) is 0.467. The molecule has 0 bridgehead atoms. The van der Waals surface area contributed by atoms with E-state index in [1.807, 2.05) is 6.92 Å². The molecule has 0 spiro atoms. The molecule has 1 aromatic carbocycles. The smallest absolute Gasteiger partial charge is 0.340 e. The van der Waals surface area contributed by atoms with Gasteiger partial charge in [0.1, 0.15) is 4.90 Å². The monoisotopic (exact) mass is 344 g/mol. The first-order chi connectivity index (χ1) is 8.88. The lowest BCUT2D eigenvalue weighted by molar-refractivity contribution is 0.469. The van der Waals surface area contributed by atoms with Gasteiger partial charge in [-0.15, -0.1) is 5.10 Å². The molecule has 2 rings (SSSR count). The fourth-order valence-electron chi connectivity index (χ4n) is 1.28. The number of nitrogens with one attached hydrogen (secondary N) is 1. The molecule has 6 nitrogen and oxygen atoms in total. The third-order valence-electron chi connectivity index (χ3n) is 2.23. The average molecular weight is 345 g/mol. The summed E-state index contributed by atoms with van der Waals surface area (Å²) in [6.45, 7) is 1.84. The van der Waals surface area contributed by atoms with E-state index in [1.165, 1.54) is 12.1 Å². The maximum absolute atomic E-state index is 12.0. The summed E-state index contributed by atoms with van der Waals surface area (Å²) < 4.78 is 29.0. The van der Waals surface area contributed by atoms with Crippen LogP contribution in [0, 0.1) is 6.92 Å². The molecule has 8 heteroatoms. The van der Waals surface area contributed by atoms with Gasteiger partial charge >= 0.3 is 10.1 Å². The topological polar surface area (TPSA) is 89.1 Å². The minimum absolute atomic E-state index is 0.0120. The summed E-state index contributed by atoms with van der Waals surface area (Å²) in [7, 11) is -3.98. The van der Waals surface area contributed by atoms with E-state index in [1.54, 1.807) is 12.1 Å². The third kappa shape index (κ3) is 3.21. The van der Waals surface area contributed by atoms with Gasteiger partial charge in [0.05, 0.1) is 4.47 Å². The van der Waals surface area contributed by atoms with Crippen molar-refractivity contribution in [2.24, 2.45) is 0 Å². The van der Waals surface area contributed by atoms with E-state index < -0.39 is 15.7 Å². The van der Waals surface area contributed by atoms with Gasteiger partial charge in [-0.3, -0.25) is 4.79 Å². The first-order valence-electron chi connectivity index (χ1n) is 5.15. The molecule has 0 saturated heterocycles. The van der Waals surface area contributed by atoms with Crippen molar-refractivity contribution < 1.29 is 12.6 Å². The Morgan fingerprint density at radius 2 is 1.89 bits per heavy atom. The Morgan fingerprint density at radius 3 is 2.47 bits per heavy atom. The molecule has 1 N–H and O–H groups in total. The Labute approximate surface area is 117 Å². The predicted octanol–water partition coefficient (Wildman–Crippen LogP) is 1.61. The quantitative estimate of drug-likeness (QED) is 0.854. The number of rotatable bonds is 3. The number of aromatic nitrogens is 2. The van der Waals surface area contributed by atoms with Gasteiger partial charge in [0, 0.05) is 6.07 Å². The normalized spacial score (nSPS) is 11.3. The zero-order valence-electron chi connectivity index (χ0n) is 9.75. The molecule has 19 heavy (non-hydrogen) atoms. The van der Waals surface area contributed by atoms with Crippen LogP contribution in [0.2, 0.25) is 0 Å². The van der Waals surface area contributed by atoms with E-state index in [0.717, 1.165) is 11.6 Å². The van der Waals surface area contributed by atoms with Crippen molar-refractivity contribution in [3.63, 3.8) is 0 Å². The molecule has 2 aromatic rings. The van der Waals surface area contributed by atoms with Crippen molar-refractivity contribution in [1.29, 1.82) is 0 Å². The lowest BCUT2D eigenvalue weighted by Gasteiger charge is -2.06. The molecule has 0 radical (unpaired) electrons. The Balaban J connectivity index is 2.36. The van der Waals surface area contributed by atoms with Gasteiger partial charge in [-0.05, 0) is 35.0 Å². The highest BCUT2D eigenvalue weighted by Crippen LogP contribution is 2.23. The van der Waals surface area contributed by atoms with Gasteiger partial charge in [0.2, 0.25) is 0 Å². The zero-order valence-corrected chi connectivity index (χ0v) is 12.2. The number of aromatic amines is 1. The number of benzene rings is 1. The lowest BCUT2D eigenvalue weighted by atomic mass is 10.2. The molecule has 1 heterocycles. The molecular weight excluding hydrogens is 336 g/mol. The van der Waals surface area contributed by atoms with Crippen LogP contribution in [0.25, 0.3) is 0 Å². The molecule has 0 amide bonds. The largest absolute Gasteiger partial charge is 0.355 e. The molecule has 0 aliphatic rings. The Kier molecular flexibility index (Phi) is 3.72. The number of nitrogens with zero attached hydrogens (tertiary/aromatic N) is 1. The SMILES string of the molecule is Cc1ccc(S(=O)(=O)Oc2n[nH]c(=O)cc2Br)cc1. The third-order valence-corrected chi connectivity index (χ3v) is 4.02. The average Bonchev–Trinajstić information content (AvgIpc) is 2.33. The fraction of sp³-hybridized carbons (Fsp3) is 0.0909. The molecular formula is C11H9BrN2O4S. The molecule has 0 fully saturated rings. The van der Waals surface area contributed by atoms with Crippen molar-refractivity contribution in [2.45, 2.75) is 11.8 Å². The van der Waals surface area contributed by atoms with E-state index in [-0.39, 0.29) is 15.2 Å². The highest BCUT2D eigenvalue weighted by molar-refractivity contribution is 9.10. The van der Waals surface area contributed by atoms with Gasteiger partial charge in [-0.25, -0.2) is 5.10 Å². The molecule has 0 aliphatic carbocycles. The van der Waals surface area contributed by atoms with Crippen LogP contribution in [-0.4, -0.2) is 18.6 Å². The Bertz CT molecular complexity index is 753. The number of halogens is 1. The van der Waals surface area contributed by atoms with Crippen molar-refractivity contribution in [1.82, 2.24) is 10.2 Å². The summed E-state index contributed by atoms with van der Waals surface area (Å²) in [6.07, 6.45) is 0. The van der Waals surface area contributed by atoms with Crippen LogP contribution in [-0.2, 0) is 10.1 Å². The second-order valence-corrected chi connectivity index (χ2v) is 6.14. The standard InChI is InChI=1S/C11H9BrN2O4S/c1-7-2-4-8(5-3-7)19(16,17)18-11-9(12)6-10(15)13-14-11/h2-6H,1H3,(H,13,15). The number of H-pyrrole nitrogens is 1. The molecule has 0 unspecified atom stereocenters. The van der Waals surface area contributed by atoms with Crippen LogP contribution in [0.1, 0.15) is 5.56 Å². The van der Waals surface area contributed by atoms with Crippen molar-refractivity contribution in [2.75, 3.05) is 0 Å². The van der Waals surface area contributed by atoms with Gasteiger partial charge in [-0.2, -0.15) is 8.42 Å². The Hall–Kier alpha value is -1.67. The van der Waals surface area contributed by atoms with Gasteiger partial charge in [-0.1, -0.05) is 17.7 Å². The highest BCUT2D eigenvalue weighted by Gasteiger charge is 2.19. The molecule has 0 aliphatic heterocycles. The first kappa shape index (κ1) is 13.8. The van der Waals surface area contributed by atoms with Gasteiger partial charge < -0.3 is 4.18 Å². The van der Waals surface area contributed by atoms with E-state index in [9.17, 15) is 13.2 Å². The number of aryl methyl sites for hydroxylation is 1. The van der Waals surface area contributed by atoms with Crippen LogP contribution in [0.5, 0.6) is 5.88 Å². The van der Waals surface area contributed by atoms with Crippen molar-refractivity contribution in [3.05, 3.63) is 50.7 Å². The van der Waals surface area contributed by atoms with E-state index in [2.05, 4.69) is 26.1 Å². The summed E-state index contributed by atoms with van der Waals surface area (Å²) in [5, 5.41) is 5.62. The van der Waals surface area contributed by atoms with Crippen LogP contribution in [0.4, 0.5) is 0 Å². The first-order valence-corrected chi connectivity index (χ1v) is 7.35. The number of hydrogen-bond donors (Lipinski definition) is 1. The zero-order chi connectivity index (χ0) is 14.0. The van der Waals surface area contributed by atoms with Crippen molar-refractivity contribution >= 4 is 26.0 Å². The highest BCUT2D eigenvalue weighted by atomic mass is 79.9. The van der Waals surface area contributed by atoms with Crippen molar-refractivity contribution in [3.8, 4) is 5.88 Å². The summed E-state index contributed by atoms with van der Waals surface area (Å²) in [6, 6.07) is 7.32. The van der Waals surface area contributed by atoms with E-state index in [4.69, 9.17) is 4.18 Å². The summed E-state index contributed by atoms with van der Waals surface area (Å²) in [4.78, 5) is 11.0. The van der Waals surface area contributed by atoms with Crippen LogP contribution < -0.4 is 9.74 Å². The second-order valence-electron chi connectivity index (χ2n) is 3.74. The fourth-order valence-corrected chi connectivity index (χ4v) is 2.67. The lowest BCUT2D eigenvalue weighted by Crippen LogP contribution is -2.14. The maximum Gasteiger partial charge on any atom is 0.340 e. The predicted molar refractivity (Wildman–Crippen MR) is 71.6 cm³/mol. The van der Waals surface area contributed by atoms with E-state index >= 15 is 0 Å². The minimum Gasteiger partial charge on any atom is -0.355 e. The molecule has 0 atom stereocenters. The van der Waals surface area contributed by atoms with Gasteiger partial charge in [0.15, 0.2) is 0 Å². The van der Waals surface area contributed by atoms with Crippen LogP contribution in [0.3, 0.4) is 0 Å². The Morgan fingerprint density at radius 1 is 1.26 bits per heavy atom.